The molecule has 1 unspecified atom stereocenters. The van der Waals surface area contributed by atoms with Crippen LogP contribution in [0.1, 0.15) is 50.3 Å². The van der Waals surface area contributed by atoms with E-state index < -0.39 is 0 Å². The highest BCUT2D eigenvalue weighted by Crippen LogP contribution is 2.49. The molecule has 0 aliphatic rings. The van der Waals surface area contributed by atoms with Gasteiger partial charge in [0.1, 0.15) is 0 Å². The molecular formula is C26H30. The molecule has 0 aromatic heterocycles. The van der Waals surface area contributed by atoms with Crippen LogP contribution in [0.4, 0.5) is 0 Å². The zero-order valence-electron chi connectivity index (χ0n) is 16.3. The summed E-state index contributed by atoms with van der Waals surface area (Å²) < 4.78 is 0. The molecule has 0 amide bonds. The Morgan fingerprint density at radius 2 is 1.08 bits per heavy atom. The van der Waals surface area contributed by atoms with Crippen LogP contribution in [-0.2, 0) is 17.3 Å². The maximum atomic E-state index is 2.42. The highest BCUT2D eigenvalue weighted by molar-refractivity contribution is 5.38. The van der Waals surface area contributed by atoms with Gasteiger partial charge in [-0.05, 0) is 41.4 Å². The lowest BCUT2D eigenvalue weighted by atomic mass is 9.55. The summed E-state index contributed by atoms with van der Waals surface area (Å²) >= 11 is 0. The lowest BCUT2D eigenvalue weighted by Crippen LogP contribution is -2.45. The minimum absolute atomic E-state index is 0.0408. The van der Waals surface area contributed by atoms with Gasteiger partial charge < -0.3 is 0 Å². The van der Waals surface area contributed by atoms with Crippen LogP contribution in [0.2, 0.25) is 0 Å². The predicted octanol–water partition coefficient (Wildman–Crippen LogP) is 6.95. The van der Waals surface area contributed by atoms with E-state index in [2.05, 4.69) is 112 Å². The van der Waals surface area contributed by atoms with Crippen molar-refractivity contribution in [2.45, 2.75) is 50.9 Å². The molecule has 0 fully saturated rings. The highest BCUT2D eigenvalue weighted by atomic mass is 14.5. The first-order chi connectivity index (χ1) is 12.6. The van der Waals surface area contributed by atoms with Crippen LogP contribution in [0.25, 0.3) is 0 Å². The number of rotatable bonds is 7. The molecule has 0 nitrogen and oxygen atoms in total. The number of aryl methyl sites for hydroxylation is 1. The third-order valence-corrected chi connectivity index (χ3v) is 6.31. The van der Waals surface area contributed by atoms with Crippen molar-refractivity contribution in [3.63, 3.8) is 0 Å². The third kappa shape index (κ3) is 3.46. The summed E-state index contributed by atoms with van der Waals surface area (Å²) in [7, 11) is 0. The fraction of sp³-hybridized carbons (Fsp3) is 0.308. The molecule has 134 valence electrons. The summed E-state index contributed by atoms with van der Waals surface area (Å²) in [6.07, 6.45) is 3.35. The monoisotopic (exact) mass is 342 g/mol. The second kappa shape index (κ2) is 7.91. The van der Waals surface area contributed by atoms with Crippen LogP contribution in [0, 0.1) is 0 Å². The normalized spacial score (nSPS) is 14.0. The zero-order valence-corrected chi connectivity index (χ0v) is 16.3. The van der Waals surface area contributed by atoms with Gasteiger partial charge in [-0.25, -0.2) is 0 Å². The van der Waals surface area contributed by atoms with Gasteiger partial charge >= 0.3 is 0 Å². The van der Waals surface area contributed by atoms with E-state index in [0.717, 1.165) is 19.3 Å². The van der Waals surface area contributed by atoms with Crippen LogP contribution in [0.3, 0.4) is 0 Å². The maximum Gasteiger partial charge on any atom is 0.00450 e. The minimum Gasteiger partial charge on any atom is -0.0645 e. The molecule has 0 aliphatic carbocycles. The summed E-state index contributed by atoms with van der Waals surface area (Å²) in [5, 5.41) is 0. The Morgan fingerprint density at radius 3 is 1.58 bits per heavy atom. The Hall–Kier alpha value is -2.34. The summed E-state index contributed by atoms with van der Waals surface area (Å²) in [5.41, 5.74) is 4.42. The van der Waals surface area contributed by atoms with Crippen molar-refractivity contribution < 1.29 is 0 Å². The third-order valence-electron chi connectivity index (χ3n) is 6.31. The lowest BCUT2D eigenvalue weighted by molar-refractivity contribution is 0.223. The van der Waals surface area contributed by atoms with Crippen molar-refractivity contribution in [2.75, 3.05) is 0 Å². The number of hydrogen-bond acceptors (Lipinski definition) is 0. The second-order valence-electron chi connectivity index (χ2n) is 7.78. The van der Waals surface area contributed by atoms with Gasteiger partial charge in [0.15, 0.2) is 0 Å². The van der Waals surface area contributed by atoms with Crippen LogP contribution < -0.4 is 0 Å². The van der Waals surface area contributed by atoms with Gasteiger partial charge in [-0.3, -0.25) is 0 Å². The van der Waals surface area contributed by atoms with E-state index in [1.807, 2.05) is 0 Å². The van der Waals surface area contributed by atoms with E-state index in [1.54, 1.807) is 0 Å². The van der Waals surface area contributed by atoms with Crippen molar-refractivity contribution in [1.82, 2.24) is 0 Å². The van der Waals surface area contributed by atoms with E-state index in [-0.39, 0.29) is 10.8 Å². The van der Waals surface area contributed by atoms with Crippen LogP contribution in [0.15, 0.2) is 91.0 Å². The Morgan fingerprint density at radius 1 is 0.615 bits per heavy atom. The van der Waals surface area contributed by atoms with E-state index >= 15 is 0 Å². The van der Waals surface area contributed by atoms with Crippen molar-refractivity contribution >= 4 is 0 Å². The van der Waals surface area contributed by atoms with E-state index in [9.17, 15) is 0 Å². The van der Waals surface area contributed by atoms with E-state index in [1.165, 1.54) is 16.7 Å². The molecule has 26 heavy (non-hydrogen) atoms. The summed E-state index contributed by atoms with van der Waals surface area (Å²) in [5.74, 6) is 0. The first kappa shape index (κ1) is 18.5. The topological polar surface area (TPSA) is 0 Å². The lowest BCUT2D eigenvalue weighted by Gasteiger charge is -2.48. The standard InChI is InChI=1S/C26H30/c1-4-26(24-18-12-7-13-19-24,21-20-22-14-8-5-9-15-22)25(2,3)23-16-10-6-11-17-23/h5-19H,4,20-21H2,1-3H3. The average molecular weight is 343 g/mol. The largest absolute Gasteiger partial charge is 0.0645 e. The van der Waals surface area contributed by atoms with Gasteiger partial charge in [0, 0.05) is 5.41 Å². The Bertz CT molecular complexity index is 787. The average Bonchev–Trinajstić information content (AvgIpc) is 2.71. The van der Waals surface area contributed by atoms with Gasteiger partial charge in [0.05, 0.1) is 0 Å². The van der Waals surface area contributed by atoms with Crippen molar-refractivity contribution in [2.24, 2.45) is 0 Å². The van der Waals surface area contributed by atoms with Crippen LogP contribution in [0.5, 0.6) is 0 Å². The zero-order chi connectivity index (χ0) is 18.5. The van der Waals surface area contributed by atoms with Gasteiger partial charge in [-0.1, -0.05) is 112 Å². The van der Waals surface area contributed by atoms with Crippen LogP contribution in [-0.4, -0.2) is 0 Å². The first-order valence-corrected chi connectivity index (χ1v) is 9.75. The minimum atomic E-state index is 0.0408. The van der Waals surface area contributed by atoms with Gasteiger partial charge in [-0.15, -0.1) is 0 Å². The Kier molecular flexibility index (Phi) is 5.61. The van der Waals surface area contributed by atoms with E-state index in [4.69, 9.17) is 0 Å². The van der Waals surface area contributed by atoms with Crippen molar-refractivity contribution in [3.05, 3.63) is 108 Å². The molecule has 0 N–H and O–H groups in total. The quantitative estimate of drug-likeness (QED) is 0.436. The molecule has 0 saturated heterocycles. The van der Waals surface area contributed by atoms with Gasteiger partial charge in [-0.2, -0.15) is 0 Å². The van der Waals surface area contributed by atoms with Crippen molar-refractivity contribution in [1.29, 1.82) is 0 Å². The molecule has 0 aliphatic heterocycles. The molecule has 0 saturated carbocycles. The molecule has 0 heterocycles. The molecule has 0 heteroatoms. The first-order valence-electron chi connectivity index (χ1n) is 9.75. The maximum absolute atomic E-state index is 2.42. The number of benzene rings is 3. The molecule has 3 aromatic rings. The Balaban J connectivity index is 2.06. The Labute approximate surface area is 158 Å². The summed E-state index contributed by atoms with van der Waals surface area (Å²) in [6.45, 7) is 7.19. The van der Waals surface area contributed by atoms with Gasteiger partial charge in [0.2, 0.25) is 0 Å². The number of hydrogen-bond donors (Lipinski definition) is 0. The fourth-order valence-electron chi connectivity index (χ4n) is 4.53. The van der Waals surface area contributed by atoms with Crippen LogP contribution >= 0.6 is 0 Å². The second-order valence-corrected chi connectivity index (χ2v) is 7.78. The fourth-order valence-corrected chi connectivity index (χ4v) is 4.53. The molecular weight excluding hydrogens is 312 g/mol. The summed E-state index contributed by atoms with van der Waals surface area (Å²) in [4.78, 5) is 0. The van der Waals surface area contributed by atoms with Crippen molar-refractivity contribution in [3.8, 4) is 0 Å². The molecule has 1 atom stereocenters. The predicted molar refractivity (Wildman–Crippen MR) is 113 cm³/mol. The molecule has 0 radical (unpaired) electrons. The van der Waals surface area contributed by atoms with Gasteiger partial charge in [0.25, 0.3) is 0 Å². The SMILES string of the molecule is CCC(CCc1ccccc1)(c1ccccc1)C(C)(C)c1ccccc1. The summed E-state index contributed by atoms with van der Waals surface area (Å²) in [6, 6.07) is 33.0. The molecule has 0 bridgehead atoms. The molecule has 3 aromatic carbocycles. The van der Waals surface area contributed by atoms with E-state index in [0.29, 0.717) is 0 Å². The highest BCUT2D eigenvalue weighted by Gasteiger charge is 2.45. The molecule has 3 rings (SSSR count). The smallest absolute Gasteiger partial charge is 0.00450 e. The molecule has 0 spiro atoms.